The van der Waals surface area contributed by atoms with Crippen LogP contribution in [0.1, 0.15) is 18.9 Å². The molecular weight excluding hydrogens is 280 g/mol. The molecule has 0 saturated heterocycles. The van der Waals surface area contributed by atoms with Gasteiger partial charge in [-0.3, -0.25) is 0 Å². The predicted molar refractivity (Wildman–Crippen MR) is 73.9 cm³/mol. The standard InChI is InChI=1S/C14H17BrO2/c1-12(16)4-5-13-6-8-14(9-7-13)17-11-3-2-10-15/h2-3,6-9H,4-5,10-11H2,1H3/b3-2+. The van der Waals surface area contributed by atoms with Crippen LogP contribution in [0, 0.1) is 0 Å². The van der Waals surface area contributed by atoms with Crippen molar-refractivity contribution in [2.24, 2.45) is 0 Å². The van der Waals surface area contributed by atoms with Crippen molar-refractivity contribution in [1.82, 2.24) is 0 Å². The zero-order chi connectivity index (χ0) is 12.5. The number of ether oxygens (including phenoxy) is 1. The number of allylic oxidation sites excluding steroid dienone is 1. The monoisotopic (exact) mass is 296 g/mol. The fourth-order valence-corrected chi connectivity index (χ4v) is 1.61. The highest BCUT2D eigenvalue weighted by atomic mass is 79.9. The Balaban J connectivity index is 2.39. The van der Waals surface area contributed by atoms with E-state index < -0.39 is 0 Å². The van der Waals surface area contributed by atoms with Crippen molar-refractivity contribution in [3.05, 3.63) is 42.0 Å². The Bertz CT molecular complexity index is 368. The lowest BCUT2D eigenvalue weighted by Crippen LogP contribution is -1.95. The maximum Gasteiger partial charge on any atom is 0.130 e. The fourth-order valence-electron chi connectivity index (χ4n) is 1.35. The molecule has 3 heteroatoms. The molecule has 0 aliphatic carbocycles. The van der Waals surface area contributed by atoms with Gasteiger partial charge in [-0.05, 0) is 31.0 Å². The molecule has 0 unspecified atom stereocenters. The minimum absolute atomic E-state index is 0.227. The van der Waals surface area contributed by atoms with Crippen molar-refractivity contribution in [2.45, 2.75) is 19.8 Å². The molecule has 1 rings (SSSR count). The number of hydrogen-bond donors (Lipinski definition) is 0. The third kappa shape index (κ3) is 6.27. The van der Waals surface area contributed by atoms with E-state index in [4.69, 9.17) is 4.74 Å². The van der Waals surface area contributed by atoms with E-state index in [0.29, 0.717) is 13.0 Å². The number of benzene rings is 1. The van der Waals surface area contributed by atoms with Gasteiger partial charge in [-0.1, -0.05) is 40.2 Å². The number of alkyl halides is 1. The Hall–Kier alpha value is -1.09. The van der Waals surface area contributed by atoms with E-state index in [1.165, 1.54) is 5.56 Å². The number of rotatable bonds is 7. The summed E-state index contributed by atoms with van der Waals surface area (Å²) in [6.45, 7) is 2.20. The molecule has 0 aliphatic heterocycles. The summed E-state index contributed by atoms with van der Waals surface area (Å²) < 4.78 is 5.51. The highest BCUT2D eigenvalue weighted by molar-refractivity contribution is 9.09. The van der Waals surface area contributed by atoms with Crippen LogP contribution in [0.15, 0.2) is 36.4 Å². The second-order valence-corrected chi connectivity index (χ2v) is 4.43. The first-order valence-corrected chi connectivity index (χ1v) is 6.76. The van der Waals surface area contributed by atoms with Gasteiger partial charge in [0, 0.05) is 11.8 Å². The van der Waals surface area contributed by atoms with Crippen LogP contribution in [0.3, 0.4) is 0 Å². The van der Waals surface area contributed by atoms with Crippen LogP contribution < -0.4 is 4.74 Å². The second-order valence-electron chi connectivity index (χ2n) is 3.78. The number of carbonyl (C=O) groups excluding carboxylic acids is 1. The van der Waals surface area contributed by atoms with Gasteiger partial charge in [0.15, 0.2) is 0 Å². The van der Waals surface area contributed by atoms with Gasteiger partial charge in [0.2, 0.25) is 0 Å². The van der Waals surface area contributed by atoms with Crippen molar-refractivity contribution in [1.29, 1.82) is 0 Å². The van der Waals surface area contributed by atoms with Crippen molar-refractivity contribution >= 4 is 21.7 Å². The highest BCUT2D eigenvalue weighted by Gasteiger charge is 1.97. The molecule has 2 nitrogen and oxygen atoms in total. The molecule has 0 aromatic heterocycles. The quantitative estimate of drug-likeness (QED) is 0.568. The van der Waals surface area contributed by atoms with Crippen molar-refractivity contribution < 1.29 is 9.53 Å². The summed E-state index contributed by atoms with van der Waals surface area (Å²) in [4.78, 5) is 10.9. The molecule has 92 valence electrons. The molecule has 0 radical (unpaired) electrons. The molecule has 0 amide bonds. The molecule has 0 heterocycles. The summed E-state index contributed by atoms with van der Waals surface area (Å²) >= 11 is 3.30. The Morgan fingerprint density at radius 1 is 1.29 bits per heavy atom. The average Bonchev–Trinajstić information content (AvgIpc) is 2.33. The molecule has 1 aromatic rings. The maximum absolute atomic E-state index is 10.9. The molecule has 0 N–H and O–H groups in total. The number of hydrogen-bond acceptors (Lipinski definition) is 2. The molecule has 0 spiro atoms. The molecule has 0 fully saturated rings. The molecule has 1 aromatic carbocycles. The summed E-state index contributed by atoms with van der Waals surface area (Å²) in [5, 5.41) is 0.848. The Labute approximate surface area is 111 Å². The Morgan fingerprint density at radius 3 is 2.59 bits per heavy atom. The van der Waals surface area contributed by atoms with Crippen LogP contribution in [0.5, 0.6) is 5.75 Å². The molecule has 17 heavy (non-hydrogen) atoms. The number of aryl methyl sites for hydroxylation is 1. The lowest BCUT2D eigenvalue weighted by atomic mass is 10.1. The van der Waals surface area contributed by atoms with Gasteiger partial charge in [-0.2, -0.15) is 0 Å². The number of halogens is 1. The van der Waals surface area contributed by atoms with Crippen LogP contribution in [0.25, 0.3) is 0 Å². The van der Waals surface area contributed by atoms with E-state index in [2.05, 4.69) is 15.9 Å². The van der Waals surface area contributed by atoms with E-state index in [9.17, 15) is 4.79 Å². The zero-order valence-electron chi connectivity index (χ0n) is 9.99. The van der Waals surface area contributed by atoms with Crippen molar-refractivity contribution in [3.63, 3.8) is 0 Å². The highest BCUT2D eigenvalue weighted by Crippen LogP contribution is 2.13. The van der Waals surface area contributed by atoms with Crippen LogP contribution in [-0.2, 0) is 11.2 Å². The first-order valence-electron chi connectivity index (χ1n) is 5.64. The van der Waals surface area contributed by atoms with E-state index in [-0.39, 0.29) is 5.78 Å². The third-order valence-corrected chi connectivity index (χ3v) is 2.66. The second kappa shape index (κ2) is 8.07. The molecule has 0 saturated carbocycles. The van der Waals surface area contributed by atoms with Gasteiger partial charge < -0.3 is 9.53 Å². The van der Waals surface area contributed by atoms with Crippen LogP contribution in [0.4, 0.5) is 0 Å². The van der Waals surface area contributed by atoms with Gasteiger partial charge >= 0.3 is 0 Å². The summed E-state index contributed by atoms with van der Waals surface area (Å²) in [5.74, 6) is 1.08. The Kier molecular flexibility index (Phi) is 6.63. The normalized spacial score (nSPS) is 10.7. The van der Waals surface area contributed by atoms with E-state index >= 15 is 0 Å². The van der Waals surface area contributed by atoms with Gasteiger partial charge in [0.05, 0.1) is 0 Å². The molecule has 0 atom stereocenters. The van der Waals surface area contributed by atoms with Gasteiger partial charge in [-0.25, -0.2) is 0 Å². The zero-order valence-corrected chi connectivity index (χ0v) is 11.6. The predicted octanol–water partition coefficient (Wildman–Crippen LogP) is 3.54. The first-order chi connectivity index (χ1) is 8.22. The summed E-state index contributed by atoms with van der Waals surface area (Å²) in [6, 6.07) is 7.90. The maximum atomic E-state index is 10.9. The van der Waals surface area contributed by atoms with Gasteiger partial charge in [0.1, 0.15) is 18.1 Å². The fraction of sp³-hybridized carbons (Fsp3) is 0.357. The number of carbonyl (C=O) groups is 1. The van der Waals surface area contributed by atoms with Crippen molar-refractivity contribution in [2.75, 3.05) is 11.9 Å². The van der Waals surface area contributed by atoms with E-state index in [1.807, 2.05) is 36.4 Å². The van der Waals surface area contributed by atoms with Crippen molar-refractivity contribution in [3.8, 4) is 5.75 Å². The number of Topliss-reactive ketones (excluding diaryl/α,β-unsaturated/α-hetero) is 1. The van der Waals surface area contributed by atoms with Crippen LogP contribution in [0.2, 0.25) is 0 Å². The van der Waals surface area contributed by atoms with Gasteiger partial charge in [0.25, 0.3) is 0 Å². The average molecular weight is 297 g/mol. The lowest BCUT2D eigenvalue weighted by Gasteiger charge is -2.04. The molecule has 0 aliphatic rings. The Morgan fingerprint density at radius 2 is 2.00 bits per heavy atom. The van der Waals surface area contributed by atoms with E-state index in [0.717, 1.165) is 17.5 Å². The summed E-state index contributed by atoms with van der Waals surface area (Å²) in [5.41, 5.74) is 1.17. The SMILES string of the molecule is CC(=O)CCc1ccc(OC/C=C/CBr)cc1. The van der Waals surface area contributed by atoms with Crippen LogP contribution >= 0.6 is 15.9 Å². The summed E-state index contributed by atoms with van der Waals surface area (Å²) in [7, 11) is 0. The van der Waals surface area contributed by atoms with Gasteiger partial charge in [-0.15, -0.1) is 0 Å². The minimum Gasteiger partial charge on any atom is -0.490 e. The smallest absolute Gasteiger partial charge is 0.130 e. The number of ketones is 1. The van der Waals surface area contributed by atoms with E-state index in [1.54, 1.807) is 6.92 Å². The third-order valence-electron chi connectivity index (χ3n) is 2.29. The topological polar surface area (TPSA) is 26.3 Å². The van der Waals surface area contributed by atoms with Crippen LogP contribution in [-0.4, -0.2) is 17.7 Å². The minimum atomic E-state index is 0.227. The summed E-state index contributed by atoms with van der Waals surface area (Å²) in [6.07, 6.45) is 5.38. The lowest BCUT2D eigenvalue weighted by molar-refractivity contribution is -0.116. The first kappa shape index (κ1) is 14.0. The molecular formula is C14H17BrO2. The molecule has 0 bridgehead atoms. The largest absolute Gasteiger partial charge is 0.490 e.